The Balaban J connectivity index is 2.30. The molecular formula is C14H11O3-. The van der Waals surface area contributed by atoms with Crippen molar-refractivity contribution in [1.82, 2.24) is 0 Å². The molecule has 0 aliphatic heterocycles. The van der Waals surface area contributed by atoms with Gasteiger partial charge in [0.15, 0.2) is 0 Å². The van der Waals surface area contributed by atoms with Crippen molar-refractivity contribution in [2.75, 3.05) is 0 Å². The van der Waals surface area contributed by atoms with Gasteiger partial charge in [0.25, 0.3) is 0 Å². The summed E-state index contributed by atoms with van der Waals surface area (Å²) in [7, 11) is 0. The van der Waals surface area contributed by atoms with E-state index in [4.69, 9.17) is 4.74 Å². The summed E-state index contributed by atoms with van der Waals surface area (Å²) in [5.41, 5.74) is 1.17. The predicted molar refractivity (Wildman–Crippen MR) is 62.0 cm³/mol. The third-order valence-electron chi connectivity index (χ3n) is 2.36. The van der Waals surface area contributed by atoms with Gasteiger partial charge in [0.1, 0.15) is 11.5 Å². The van der Waals surface area contributed by atoms with Crippen LogP contribution in [0.5, 0.6) is 11.5 Å². The average molecular weight is 227 g/mol. The van der Waals surface area contributed by atoms with Gasteiger partial charge in [-0.15, -0.1) is 0 Å². The zero-order valence-corrected chi connectivity index (χ0v) is 9.34. The van der Waals surface area contributed by atoms with E-state index in [1.165, 1.54) is 6.07 Å². The molecule has 0 aliphatic rings. The van der Waals surface area contributed by atoms with E-state index in [1.807, 2.05) is 19.1 Å². The van der Waals surface area contributed by atoms with Crippen LogP contribution in [0.1, 0.15) is 15.9 Å². The Kier molecular flexibility index (Phi) is 3.10. The minimum Gasteiger partial charge on any atom is -0.545 e. The van der Waals surface area contributed by atoms with Gasteiger partial charge in [-0.05, 0) is 31.2 Å². The third kappa shape index (κ3) is 2.64. The van der Waals surface area contributed by atoms with Gasteiger partial charge in [0, 0.05) is 5.56 Å². The molecule has 2 rings (SSSR count). The number of para-hydroxylation sites is 1. The zero-order chi connectivity index (χ0) is 12.3. The molecule has 0 atom stereocenters. The highest BCUT2D eigenvalue weighted by molar-refractivity contribution is 5.89. The Labute approximate surface area is 99.3 Å². The van der Waals surface area contributed by atoms with Crippen LogP contribution in [0.15, 0.2) is 48.5 Å². The first kappa shape index (κ1) is 11.2. The van der Waals surface area contributed by atoms with Gasteiger partial charge in [-0.3, -0.25) is 0 Å². The van der Waals surface area contributed by atoms with Crippen molar-refractivity contribution in [3.8, 4) is 11.5 Å². The molecule has 2 aromatic carbocycles. The smallest absolute Gasteiger partial charge is 0.136 e. The van der Waals surface area contributed by atoms with Crippen LogP contribution in [0.2, 0.25) is 0 Å². The number of hydrogen-bond donors (Lipinski definition) is 0. The fraction of sp³-hybridized carbons (Fsp3) is 0.0714. The lowest BCUT2D eigenvalue weighted by molar-refractivity contribution is -0.255. The zero-order valence-electron chi connectivity index (χ0n) is 9.34. The number of rotatable bonds is 3. The van der Waals surface area contributed by atoms with E-state index in [0.717, 1.165) is 5.56 Å². The second-order valence-electron chi connectivity index (χ2n) is 3.70. The molecule has 0 aromatic heterocycles. The fourth-order valence-electron chi connectivity index (χ4n) is 1.46. The molecule has 3 nitrogen and oxygen atoms in total. The van der Waals surface area contributed by atoms with Crippen LogP contribution >= 0.6 is 0 Å². The maximum atomic E-state index is 10.9. The number of hydrogen-bond acceptors (Lipinski definition) is 3. The number of carbonyl (C=O) groups is 1. The number of carboxylic acids is 1. The third-order valence-corrected chi connectivity index (χ3v) is 2.36. The molecule has 0 saturated heterocycles. The van der Waals surface area contributed by atoms with E-state index in [0.29, 0.717) is 5.75 Å². The Morgan fingerprint density at radius 2 is 1.71 bits per heavy atom. The summed E-state index contributed by atoms with van der Waals surface area (Å²) in [5.74, 6) is -0.353. The molecule has 0 amide bonds. The van der Waals surface area contributed by atoms with Gasteiger partial charge in [0.05, 0.1) is 5.97 Å². The van der Waals surface area contributed by atoms with Crippen LogP contribution < -0.4 is 9.84 Å². The number of carbonyl (C=O) groups excluding carboxylic acids is 1. The summed E-state index contributed by atoms with van der Waals surface area (Å²) < 4.78 is 5.50. The van der Waals surface area contributed by atoms with Crippen molar-refractivity contribution in [3.63, 3.8) is 0 Å². The summed E-state index contributed by atoms with van der Waals surface area (Å²) in [6, 6.07) is 13.8. The topological polar surface area (TPSA) is 49.4 Å². The van der Waals surface area contributed by atoms with E-state index in [-0.39, 0.29) is 11.3 Å². The lowest BCUT2D eigenvalue weighted by Crippen LogP contribution is -2.22. The number of aromatic carboxylic acids is 1. The van der Waals surface area contributed by atoms with Crippen molar-refractivity contribution in [2.45, 2.75) is 6.92 Å². The van der Waals surface area contributed by atoms with E-state index in [2.05, 4.69) is 0 Å². The van der Waals surface area contributed by atoms with E-state index < -0.39 is 5.97 Å². The van der Waals surface area contributed by atoms with Gasteiger partial charge < -0.3 is 14.6 Å². The van der Waals surface area contributed by atoms with Gasteiger partial charge in [-0.2, -0.15) is 0 Å². The molecule has 0 saturated carbocycles. The van der Waals surface area contributed by atoms with Crippen molar-refractivity contribution in [3.05, 3.63) is 59.7 Å². The van der Waals surface area contributed by atoms with Gasteiger partial charge in [0.2, 0.25) is 0 Å². The van der Waals surface area contributed by atoms with Crippen LogP contribution in [0.25, 0.3) is 0 Å². The van der Waals surface area contributed by atoms with E-state index in [1.54, 1.807) is 30.3 Å². The van der Waals surface area contributed by atoms with Crippen LogP contribution in [0, 0.1) is 6.92 Å². The first-order valence-corrected chi connectivity index (χ1v) is 5.22. The van der Waals surface area contributed by atoms with Gasteiger partial charge in [-0.25, -0.2) is 0 Å². The first-order valence-electron chi connectivity index (χ1n) is 5.22. The number of ether oxygens (including phenoxy) is 1. The first-order chi connectivity index (χ1) is 8.16. The summed E-state index contributed by atoms with van der Waals surface area (Å²) in [6.07, 6.45) is 0. The average Bonchev–Trinajstić information content (AvgIpc) is 2.32. The molecule has 0 heterocycles. The maximum Gasteiger partial charge on any atom is 0.136 e. The number of benzene rings is 2. The predicted octanol–water partition coefficient (Wildman–Crippen LogP) is 2.15. The Hall–Kier alpha value is -2.29. The molecule has 86 valence electrons. The molecule has 3 heteroatoms. The molecule has 0 fully saturated rings. The highest BCUT2D eigenvalue weighted by atomic mass is 16.5. The summed E-state index contributed by atoms with van der Waals surface area (Å²) >= 11 is 0. The standard InChI is InChI=1S/C14H12O3/c1-10-6-8-11(9-7-10)17-13-5-3-2-4-12(13)14(15)16/h2-9H,1H3,(H,15,16)/p-1. The summed E-state index contributed by atoms with van der Waals surface area (Å²) in [4.78, 5) is 10.9. The van der Waals surface area contributed by atoms with Gasteiger partial charge in [-0.1, -0.05) is 29.8 Å². The minimum atomic E-state index is -1.24. The normalized spacial score (nSPS) is 9.94. The second-order valence-corrected chi connectivity index (χ2v) is 3.70. The quantitative estimate of drug-likeness (QED) is 0.807. The number of aryl methyl sites for hydroxylation is 1. The molecule has 0 spiro atoms. The highest BCUT2D eigenvalue weighted by Gasteiger charge is 2.04. The van der Waals surface area contributed by atoms with Crippen LogP contribution in [0.4, 0.5) is 0 Å². The lowest BCUT2D eigenvalue weighted by Gasteiger charge is -2.11. The maximum absolute atomic E-state index is 10.9. The van der Waals surface area contributed by atoms with Crippen molar-refractivity contribution < 1.29 is 14.6 Å². The van der Waals surface area contributed by atoms with E-state index >= 15 is 0 Å². The molecule has 0 unspecified atom stereocenters. The molecule has 17 heavy (non-hydrogen) atoms. The second kappa shape index (κ2) is 4.70. The highest BCUT2D eigenvalue weighted by Crippen LogP contribution is 2.24. The van der Waals surface area contributed by atoms with Gasteiger partial charge >= 0.3 is 0 Å². The molecular weight excluding hydrogens is 216 g/mol. The monoisotopic (exact) mass is 227 g/mol. The molecule has 0 radical (unpaired) electrons. The minimum absolute atomic E-state index is 0.0491. The van der Waals surface area contributed by atoms with Crippen LogP contribution in [0.3, 0.4) is 0 Å². The lowest BCUT2D eigenvalue weighted by atomic mass is 10.2. The Morgan fingerprint density at radius 1 is 1.06 bits per heavy atom. The van der Waals surface area contributed by atoms with Crippen molar-refractivity contribution in [2.24, 2.45) is 0 Å². The van der Waals surface area contributed by atoms with Crippen LogP contribution in [-0.2, 0) is 0 Å². The summed E-state index contributed by atoms with van der Waals surface area (Å²) in [5, 5.41) is 10.9. The summed E-state index contributed by atoms with van der Waals surface area (Å²) in [6.45, 7) is 1.97. The fourth-order valence-corrected chi connectivity index (χ4v) is 1.46. The van der Waals surface area contributed by atoms with Crippen molar-refractivity contribution >= 4 is 5.97 Å². The van der Waals surface area contributed by atoms with E-state index in [9.17, 15) is 9.90 Å². The molecule has 0 aliphatic carbocycles. The molecule has 2 aromatic rings. The Bertz CT molecular complexity index is 529. The molecule has 0 N–H and O–H groups in total. The van der Waals surface area contributed by atoms with Crippen LogP contribution in [-0.4, -0.2) is 5.97 Å². The van der Waals surface area contributed by atoms with Crippen molar-refractivity contribution in [1.29, 1.82) is 0 Å². The number of carboxylic acid groups (broad SMARTS) is 1. The largest absolute Gasteiger partial charge is 0.545 e. The SMILES string of the molecule is Cc1ccc(Oc2ccccc2C(=O)[O-])cc1. The Morgan fingerprint density at radius 3 is 2.35 bits per heavy atom. The molecule has 0 bridgehead atoms.